The molecule has 0 bridgehead atoms. The Kier molecular flexibility index (Phi) is 5.72. The van der Waals surface area contributed by atoms with Crippen molar-refractivity contribution in [1.29, 1.82) is 0 Å². The van der Waals surface area contributed by atoms with Gasteiger partial charge in [-0.05, 0) is 38.5 Å². The molecule has 1 aliphatic heterocycles. The number of amides is 2. The van der Waals surface area contributed by atoms with E-state index in [1.807, 2.05) is 0 Å². The van der Waals surface area contributed by atoms with Gasteiger partial charge in [-0.3, -0.25) is 9.59 Å². The standard InChI is InChI=1S/C19H28N2O3/c22-17(15-5-1-2-6-15)20-13-19(9-11-24-12-10-19)14-21-18(23)16-7-3-4-8-16/h1-4,15-16H,5-14H2,(H,20,22)(H,21,23). The van der Waals surface area contributed by atoms with Crippen LogP contribution in [0.3, 0.4) is 0 Å². The Morgan fingerprint density at radius 2 is 1.25 bits per heavy atom. The molecule has 0 unspecified atom stereocenters. The maximum absolute atomic E-state index is 12.3. The fraction of sp³-hybridized carbons (Fsp3) is 0.684. The third-order valence-corrected chi connectivity index (χ3v) is 5.59. The maximum Gasteiger partial charge on any atom is 0.223 e. The van der Waals surface area contributed by atoms with Crippen LogP contribution in [0.15, 0.2) is 24.3 Å². The van der Waals surface area contributed by atoms with Gasteiger partial charge in [-0.1, -0.05) is 24.3 Å². The normalized spacial score (nSPS) is 23.5. The summed E-state index contributed by atoms with van der Waals surface area (Å²) in [4.78, 5) is 24.6. The number of rotatable bonds is 6. The van der Waals surface area contributed by atoms with E-state index in [1.54, 1.807) is 0 Å². The van der Waals surface area contributed by atoms with Crippen molar-refractivity contribution in [1.82, 2.24) is 10.6 Å². The van der Waals surface area contributed by atoms with Crippen molar-refractivity contribution < 1.29 is 14.3 Å². The molecule has 2 amide bonds. The highest BCUT2D eigenvalue weighted by Gasteiger charge is 2.35. The van der Waals surface area contributed by atoms with Crippen LogP contribution in [-0.4, -0.2) is 38.1 Å². The van der Waals surface area contributed by atoms with Crippen LogP contribution in [0.4, 0.5) is 0 Å². The average molecular weight is 332 g/mol. The van der Waals surface area contributed by atoms with Gasteiger partial charge in [0.15, 0.2) is 0 Å². The molecule has 1 heterocycles. The highest BCUT2D eigenvalue weighted by Crippen LogP contribution is 2.30. The van der Waals surface area contributed by atoms with Crippen molar-refractivity contribution in [2.75, 3.05) is 26.3 Å². The van der Waals surface area contributed by atoms with Crippen molar-refractivity contribution in [2.24, 2.45) is 17.3 Å². The first-order chi connectivity index (χ1) is 11.7. The fourth-order valence-electron chi connectivity index (χ4n) is 3.72. The van der Waals surface area contributed by atoms with Gasteiger partial charge in [-0.25, -0.2) is 0 Å². The summed E-state index contributed by atoms with van der Waals surface area (Å²) in [7, 11) is 0. The minimum absolute atomic E-state index is 0.0817. The van der Waals surface area contributed by atoms with E-state index in [0.717, 1.165) is 38.5 Å². The van der Waals surface area contributed by atoms with E-state index in [1.165, 1.54) is 0 Å². The van der Waals surface area contributed by atoms with Crippen LogP contribution in [0.1, 0.15) is 38.5 Å². The third kappa shape index (κ3) is 4.26. The molecular formula is C19H28N2O3. The highest BCUT2D eigenvalue weighted by molar-refractivity contribution is 5.80. The minimum Gasteiger partial charge on any atom is -0.381 e. The number of allylic oxidation sites excluding steroid dienone is 4. The number of hydrogen-bond donors (Lipinski definition) is 2. The molecule has 3 aliphatic rings. The lowest BCUT2D eigenvalue weighted by Crippen LogP contribution is -2.49. The summed E-state index contributed by atoms with van der Waals surface area (Å²) in [5.74, 6) is 0.441. The first-order valence-electron chi connectivity index (χ1n) is 9.12. The van der Waals surface area contributed by atoms with Crippen LogP contribution < -0.4 is 10.6 Å². The largest absolute Gasteiger partial charge is 0.381 e. The summed E-state index contributed by atoms with van der Waals surface area (Å²) < 4.78 is 5.49. The maximum atomic E-state index is 12.3. The van der Waals surface area contributed by atoms with Gasteiger partial charge in [0, 0.05) is 43.6 Å². The van der Waals surface area contributed by atoms with E-state index in [2.05, 4.69) is 34.9 Å². The lowest BCUT2D eigenvalue weighted by molar-refractivity contribution is -0.126. The van der Waals surface area contributed by atoms with E-state index < -0.39 is 0 Å². The predicted molar refractivity (Wildman–Crippen MR) is 92.2 cm³/mol. The van der Waals surface area contributed by atoms with Crippen molar-refractivity contribution in [2.45, 2.75) is 38.5 Å². The molecule has 0 aromatic rings. The fourth-order valence-corrected chi connectivity index (χ4v) is 3.72. The van der Waals surface area contributed by atoms with Gasteiger partial charge < -0.3 is 15.4 Å². The Hall–Kier alpha value is -1.62. The van der Waals surface area contributed by atoms with Crippen molar-refractivity contribution in [3.8, 4) is 0 Å². The zero-order valence-corrected chi connectivity index (χ0v) is 14.3. The zero-order chi connectivity index (χ0) is 16.8. The molecule has 0 aromatic heterocycles. The summed E-state index contributed by atoms with van der Waals surface area (Å²) in [6, 6.07) is 0. The molecule has 0 aromatic carbocycles. The van der Waals surface area contributed by atoms with Gasteiger partial charge in [-0.15, -0.1) is 0 Å². The summed E-state index contributed by atoms with van der Waals surface area (Å²) in [6.45, 7) is 2.63. The number of nitrogens with one attached hydrogen (secondary N) is 2. The van der Waals surface area contributed by atoms with Crippen LogP contribution in [-0.2, 0) is 14.3 Å². The molecular weight excluding hydrogens is 304 g/mol. The second-order valence-corrected chi connectivity index (χ2v) is 7.33. The van der Waals surface area contributed by atoms with Gasteiger partial charge in [0.25, 0.3) is 0 Å². The topological polar surface area (TPSA) is 67.4 Å². The second kappa shape index (κ2) is 7.97. The number of carbonyl (C=O) groups is 2. The quantitative estimate of drug-likeness (QED) is 0.731. The first kappa shape index (κ1) is 17.2. The summed E-state index contributed by atoms with van der Waals surface area (Å²) >= 11 is 0. The lowest BCUT2D eigenvalue weighted by Gasteiger charge is -2.38. The molecule has 132 valence electrons. The van der Waals surface area contributed by atoms with Gasteiger partial charge in [-0.2, -0.15) is 0 Å². The van der Waals surface area contributed by atoms with Crippen LogP contribution in [0.5, 0.6) is 0 Å². The summed E-state index contributed by atoms with van der Waals surface area (Å²) in [5, 5.41) is 6.26. The minimum atomic E-state index is -0.0817. The van der Waals surface area contributed by atoms with Gasteiger partial charge in [0.2, 0.25) is 11.8 Å². The van der Waals surface area contributed by atoms with E-state index in [-0.39, 0.29) is 29.1 Å². The predicted octanol–water partition coefficient (Wildman–Crippen LogP) is 1.95. The Balaban J connectivity index is 1.51. The van der Waals surface area contributed by atoms with Crippen LogP contribution >= 0.6 is 0 Å². The number of ether oxygens (including phenoxy) is 1. The highest BCUT2D eigenvalue weighted by atomic mass is 16.5. The molecule has 24 heavy (non-hydrogen) atoms. The summed E-state index contributed by atoms with van der Waals surface area (Å²) in [6.07, 6.45) is 13.4. The van der Waals surface area contributed by atoms with E-state index in [0.29, 0.717) is 26.3 Å². The van der Waals surface area contributed by atoms with Crippen molar-refractivity contribution >= 4 is 11.8 Å². The molecule has 1 fully saturated rings. The molecule has 2 aliphatic carbocycles. The van der Waals surface area contributed by atoms with E-state index in [9.17, 15) is 9.59 Å². The van der Waals surface area contributed by atoms with Crippen LogP contribution in [0.2, 0.25) is 0 Å². The summed E-state index contributed by atoms with van der Waals surface area (Å²) in [5.41, 5.74) is -0.0817. The second-order valence-electron chi connectivity index (χ2n) is 7.33. The smallest absolute Gasteiger partial charge is 0.223 e. The Labute approximate surface area is 143 Å². The number of hydrogen-bond acceptors (Lipinski definition) is 3. The van der Waals surface area contributed by atoms with Crippen molar-refractivity contribution in [3.63, 3.8) is 0 Å². The Morgan fingerprint density at radius 3 is 1.67 bits per heavy atom. The molecule has 3 rings (SSSR count). The molecule has 5 heteroatoms. The molecule has 1 saturated heterocycles. The van der Waals surface area contributed by atoms with E-state index >= 15 is 0 Å². The Bertz CT molecular complexity index is 465. The zero-order valence-electron chi connectivity index (χ0n) is 14.3. The first-order valence-corrected chi connectivity index (χ1v) is 9.12. The number of carbonyl (C=O) groups excluding carboxylic acids is 2. The average Bonchev–Trinajstić information content (AvgIpc) is 3.32. The SMILES string of the molecule is O=C(NCC1(CNC(=O)C2CC=CC2)CCOCC1)C1CC=CC1. The van der Waals surface area contributed by atoms with Gasteiger partial charge in [0.1, 0.15) is 0 Å². The van der Waals surface area contributed by atoms with Gasteiger partial charge in [0.05, 0.1) is 0 Å². The van der Waals surface area contributed by atoms with E-state index in [4.69, 9.17) is 4.74 Å². The molecule has 0 radical (unpaired) electrons. The molecule has 0 spiro atoms. The molecule has 2 N–H and O–H groups in total. The lowest BCUT2D eigenvalue weighted by atomic mass is 9.79. The van der Waals surface area contributed by atoms with Gasteiger partial charge >= 0.3 is 0 Å². The molecule has 0 atom stereocenters. The molecule has 0 saturated carbocycles. The molecule has 5 nitrogen and oxygen atoms in total. The Morgan fingerprint density at radius 1 is 0.833 bits per heavy atom. The third-order valence-electron chi connectivity index (χ3n) is 5.59. The monoisotopic (exact) mass is 332 g/mol. The van der Waals surface area contributed by atoms with Crippen LogP contribution in [0.25, 0.3) is 0 Å². The van der Waals surface area contributed by atoms with Crippen LogP contribution in [0, 0.1) is 17.3 Å². The van der Waals surface area contributed by atoms with Crippen molar-refractivity contribution in [3.05, 3.63) is 24.3 Å².